The summed E-state index contributed by atoms with van der Waals surface area (Å²) in [7, 11) is -2.76. The van der Waals surface area contributed by atoms with E-state index in [-0.39, 0.29) is 30.1 Å². The number of hydrogen-bond acceptors (Lipinski definition) is 8. The number of fused-ring (bicyclic) bond motifs is 1. The van der Waals surface area contributed by atoms with E-state index in [9.17, 15) is 26.4 Å². The Morgan fingerprint density at radius 3 is 2.61 bits per heavy atom. The molecule has 3 rings (SSSR count). The van der Waals surface area contributed by atoms with Crippen molar-refractivity contribution in [1.82, 2.24) is 19.7 Å². The number of methoxy groups -OCH3 is 1. The molecule has 2 aliphatic rings. The van der Waals surface area contributed by atoms with Crippen LogP contribution < -0.4 is 14.8 Å². The van der Waals surface area contributed by atoms with Gasteiger partial charge in [-0.05, 0) is 26.8 Å². The largest absolute Gasteiger partial charge is 0.466 e. The Morgan fingerprint density at radius 2 is 2.00 bits per heavy atom. The van der Waals surface area contributed by atoms with E-state index in [1.54, 1.807) is 25.7 Å². The SMILES string of the molecule is COC(=O)C1=C2C[C@H](NS(=O)(=O)NC(C)C)CN2C(=C(C)N=CC=S)N[C@H]1c1ccc(F)c(F)c1F. The van der Waals surface area contributed by atoms with Gasteiger partial charge in [-0.1, -0.05) is 18.3 Å². The molecule has 0 saturated carbocycles. The fraction of sp³-hybridized carbons (Fsp3) is 0.409. The lowest BCUT2D eigenvalue weighted by Gasteiger charge is -2.37. The molecule has 9 nitrogen and oxygen atoms in total. The van der Waals surface area contributed by atoms with Gasteiger partial charge in [0.25, 0.3) is 10.2 Å². The quantitative estimate of drug-likeness (QED) is 0.199. The summed E-state index contributed by atoms with van der Waals surface area (Å²) < 4.78 is 77.5. The molecule has 1 fully saturated rings. The third-order valence-corrected chi connectivity index (χ3v) is 7.03. The normalized spacial score (nSPS) is 21.6. The van der Waals surface area contributed by atoms with Gasteiger partial charge in [0.1, 0.15) is 5.82 Å². The lowest BCUT2D eigenvalue weighted by Crippen LogP contribution is -2.46. The third-order valence-electron chi connectivity index (χ3n) is 5.48. The highest BCUT2D eigenvalue weighted by Gasteiger charge is 2.44. The number of rotatable bonds is 8. The second-order valence-corrected chi connectivity index (χ2v) is 10.2. The number of carbonyl (C=O) groups excluding carboxylic acids is 1. The summed E-state index contributed by atoms with van der Waals surface area (Å²) in [6, 6.07) is -0.551. The van der Waals surface area contributed by atoms with Gasteiger partial charge < -0.3 is 15.0 Å². The lowest BCUT2D eigenvalue weighted by molar-refractivity contribution is -0.136. The minimum atomic E-state index is -3.89. The number of benzene rings is 1. The number of ether oxygens (including phenoxy) is 1. The van der Waals surface area contributed by atoms with Gasteiger partial charge in [0.05, 0.1) is 24.4 Å². The molecule has 0 unspecified atom stereocenters. The Hall–Kier alpha value is -2.81. The van der Waals surface area contributed by atoms with Crippen LogP contribution in [-0.4, -0.2) is 56.6 Å². The van der Waals surface area contributed by atoms with Gasteiger partial charge in [0.15, 0.2) is 17.5 Å². The molecule has 1 aromatic carbocycles. The molecule has 2 atom stereocenters. The van der Waals surface area contributed by atoms with Gasteiger partial charge in [-0.3, -0.25) is 4.99 Å². The molecule has 0 amide bonds. The Labute approximate surface area is 212 Å². The molecular formula is C22H26F3N5O4S2. The van der Waals surface area contributed by atoms with Crippen LogP contribution in [0.2, 0.25) is 0 Å². The minimum absolute atomic E-state index is 0.0283. The molecule has 2 aliphatic heterocycles. The first-order chi connectivity index (χ1) is 16.9. The van der Waals surface area contributed by atoms with Crippen molar-refractivity contribution >= 4 is 40.0 Å². The van der Waals surface area contributed by atoms with Crippen molar-refractivity contribution in [2.75, 3.05) is 13.7 Å². The smallest absolute Gasteiger partial charge is 0.337 e. The molecule has 1 saturated heterocycles. The van der Waals surface area contributed by atoms with Gasteiger partial charge in [0, 0.05) is 47.9 Å². The predicted octanol–water partition coefficient (Wildman–Crippen LogP) is 2.34. The average molecular weight is 546 g/mol. The highest BCUT2D eigenvalue weighted by molar-refractivity contribution is 7.87. The van der Waals surface area contributed by atoms with Crippen LogP contribution in [0, 0.1) is 17.5 Å². The van der Waals surface area contributed by atoms with E-state index in [1.165, 1.54) is 11.6 Å². The summed E-state index contributed by atoms with van der Waals surface area (Å²) in [5.74, 6) is -5.09. The molecule has 0 radical (unpaired) electrons. The Balaban J connectivity index is 2.19. The summed E-state index contributed by atoms with van der Waals surface area (Å²) in [6.07, 6.45) is 1.37. The Morgan fingerprint density at radius 1 is 1.31 bits per heavy atom. The molecule has 36 heavy (non-hydrogen) atoms. The number of allylic oxidation sites excluding steroid dienone is 1. The first-order valence-corrected chi connectivity index (χ1v) is 12.8. The van der Waals surface area contributed by atoms with E-state index in [1.807, 2.05) is 0 Å². The summed E-state index contributed by atoms with van der Waals surface area (Å²) in [5.41, 5.74) is 0.278. The van der Waals surface area contributed by atoms with Crippen molar-refractivity contribution in [3.05, 3.63) is 57.9 Å². The van der Waals surface area contributed by atoms with Crippen LogP contribution in [-0.2, 0) is 19.7 Å². The second kappa shape index (κ2) is 11.1. The van der Waals surface area contributed by atoms with Crippen molar-refractivity contribution in [1.29, 1.82) is 0 Å². The molecule has 0 bridgehead atoms. The number of carbonyl (C=O) groups is 1. The van der Waals surface area contributed by atoms with Crippen molar-refractivity contribution < 1.29 is 31.1 Å². The zero-order valence-corrected chi connectivity index (χ0v) is 21.6. The van der Waals surface area contributed by atoms with Crippen molar-refractivity contribution in [3.8, 4) is 0 Å². The van der Waals surface area contributed by atoms with Crippen molar-refractivity contribution in [3.63, 3.8) is 0 Å². The number of hydrogen-bond donors (Lipinski definition) is 3. The molecule has 14 heteroatoms. The summed E-state index contributed by atoms with van der Waals surface area (Å²) in [4.78, 5) is 18.7. The highest BCUT2D eigenvalue weighted by atomic mass is 32.2. The van der Waals surface area contributed by atoms with Crippen molar-refractivity contribution in [2.24, 2.45) is 4.99 Å². The van der Waals surface area contributed by atoms with Crippen LogP contribution in [0.3, 0.4) is 0 Å². The molecular weight excluding hydrogens is 519 g/mol. The molecule has 3 N–H and O–H groups in total. The van der Waals surface area contributed by atoms with Gasteiger partial charge in [0.2, 0.25) is 0 Å². The molecule has 196 valence electrons. The molecule has 0 aliphatic carbocycles. The summed E-state index contributed by atoms with van der Waals surface area (Å²) >= 11 is 4.78. The van der Waals surface area contributed by atoms with Crippen LogP contribution in [0.25, 0.3) is 0 Å². The minimum Gasteiger partial charge on any atom is -0.466 e. The van der Waals surface area contributed by atoms with E-state index >= 15 is 0 Å². The first kappa shape index (κ1) is 27.8. The number of esters is 1. The molecule has 0 spiro atoms. The predicted molar refractivity (Wildman–Crippen MR) is 132 cm³/mol. The van der Waals surface area contributed by atoms with Crippen LogP contribution >= 0.6 is 12.2 Å². The number of aliphatic imine (C=N–C) groups is 1. The maximum absolute atomic E-state index is 14.9. The Kier molecular flexibility index (Phi) is 8.54. The third kappa shape index (κ3) is 5.77. The standard InChI is InChI=1S/C22H26F3N5O4S2/c1-11(2)28-36(32,33)29-13-9-16-17(22(31)34-4)20(14-5-6-15(23)19(25)18(14)24)27-21(30(16)10-13)12(3)26-7-8-35/h5-8,11,13,20,27-29H,9-10H2,1-4H3/t13-,20-/m0/s1. The monoisotopic (exact) mass is 545 g/mol. The molecule has 0 aromatic heterocycles. The molecule has 1 aromatic rings. The number of nitrogens with zero attached hydrogens (tertiary/aromatic N) is 2. The highest BCUT2D eigenvalue weighted by Crippen LogP contribution is 2.41. The molecule has 2 heterocycles. The zero-order chi connectivity index (χ0) is 26.8. The van der Waals surface area contributed by atoms with Crippen LogP contribution in [0.4, 0.5) is 13.2 Å². The van der Waals surface area contributed by atoms with Gasteiger partial charge >= 0.3 is 5.97 Å². The fourth-order valence-corrected chi connectivity index (χ4v) is 5.51. The Bertz CT molecular complexity index is 1260. The topological polar surface area (TPSA) is 112 Å². The second-order valence-electron chi connectivity index (χ2n) is 8.45. The van der Waals surface area contributed by atoms with Crippen LogP contribution in [0.1, 0.15) is 38.8 Å². The number of halogens is 3. The van der Waals surface area contributed by atoms with Gasteiger partial charge in [-0.15, -0.1) is 0 Å². The van der Waals surface area contributed by atoms with E-state index in [0.29, 0.717) is 17.2 Å². The van der Waals surface area contributed by atoms with E-state index in [0.717, 1.165) is 19.2 Å². The maximum Gasteiger partial charge on any atom is 0.337 e. The number of thiocarbonyl (C=S) groups is 1. The number of nitrogens with one attached hydrogen (secondary N) is 3. The first-order valence-electron chi connectivity index (χ1n) is 10.9. The average Bonchev–Trinajstić information content (AvgIpc) is 3.20. The summed E-state index contributed by atoms with van der Waals surface area (Å²) in [5, 5.41) is 4.25. The van der Waals surface area contributed by atoms with Crippen LogP contribution in [0.15, 0.2) is 39.9 Å². The van der Waals surface area contributed by atoms with Crippen molar-refractivity contribution in [2.45, 2.75) is 45.3 Å². The maximum atomic E-state index is 14.9. The van der Waals surface area contributed by atoms with Gasteiger partial charge in [-0.25, -0.2) is 18.0 Å². The van der Waals surface area contributed by atoms with Gasteiger partial charge in [-0.2, -0.15) is 17.9 Å². The van der Waals surface area contributed by atoms with E-state index in [2.05, 4.69) is 19.8 Å². The zero-order valence-electron chi connectivity index (χ0n) is 19.9. The van der Waals surface area contributed by atoms with E-state index in [4.69, 9.17) is 17.0 Å². The lowest BCUT2D eigenvalue weighted by atomic mass is 9.93. The fourth-order valence-electron chi connectivity index (χ4n) is 4.16. The summed E-state index contributed by atoms with van der Waals surface area (Å²) in [6.45, 7) is 5.04. The van der Waals surface area contributed by atoms with E-state index < -0.39 is 45.7 Å². The van der Waals surface area contributed by atoms with Crippen LogP contribution in [0.5, 0.6) is 0 Å².